The van der Waals surface area contributed by atoms with Crippen molar-refractivity contribution in [3.05, 3.63) is 81.5 Å². The van der Waals surface area contributed by atoms with Crippen LogP contribution in [-0.4, -0.2) is 0 Å². The first kappa shape index (κ1) is 9.95. The number of rotatable bonds is 0. The summed E-state index contributed by atoms with van der Waals surface area (Å²) in [5.41, 5.74) is 4.03. The summed E-state index contributed by atoms with van der Waals surface area (Å²) in [6, 6.07) is 15.9. The Kier molecular flexibility index (Phi) is 2.27. The third kappa shape index (κ3) is 1.31. The summed E-state index contributed by atoms with van der Waals surface area (Å²) >= 11 is 12.8. The Balaban J connectivity index is 2.26. The van der Waals surface area contributed by atoms with Gasteiger partial charge in [0.2, 0.25) is 10.8 Å². The van der Waals surface area contributed by atoms with E-state index >= 15 is 0 Å². The molecule has 2 aromatic carbocycles. The highest BCUT2D eigenvalue weighted by Crippen LogP contribution is 2.45. The van der Waals surface area contributed by atoms with E-state index < -0.39 is 0 Å². The molecular formula is C14H8Cl2+2. The van der Waals surface area contributed by atoms with Gasteiger partial charge in [0.15, 0.2) is 22.3 Å². The number of hydrogen-bond donors (Lipinski definition) is 0. The van der Waals surface area contributed by atoms with Crippen molar-refractivity contribution in [2.45, 2.75) is 0 Å². The highest BCUT2D eigenvalue weighted by Gasteiger charge is 2.44. The van der Waals surface area contributed by atoms with Gasteiger partial charge < -0.3 is 0 Å². The van der Waals surface area contributed by atoms with Gasteiger partial charge in [-0.25, -0.2) is 0 Å². The maximum atomic E-state index is 6.39. The van der Waals surface area contributed by atoms with Crippen molar-refractivity contribution >= 4 is 23.2 Å². The van der Waals surface area contributed by atoms with E-state index in [1.807, 2.05) is 48.5 Å². The number of halogens is 2. The minimum atomic E-state index is 0.774. The zero-order valence-corrected chi connectivity index (χ0v) is 9.89. The average Bonchev–Trinajstić information content (AvgIpc) is 2.36. The Morgan fingerprint density at radius 3 is 1.06 bits per heavy atom. The van der Waals surface area contributed by atoms with Gasteiger partial charge in [0.05, 0.1) is 0 Å². The summed E-state index contributed by atoms with van der Waals surface area (Å²) in [5.74, 6) is 0. The average molecular weight is 247 g/mol. The quantitative estimate of drug-likeness (QED) is 0.607. The highest BCUT2D eigenvalue weighted by atomic mass is 35.5. The predicted octanol–water partition coefficient (Wildman–Crippen LogP) is 4.33. The zero-order chi connectivity index (χ0) is 11.1. The Morgan fingerprint density at radius 1 is 0.562 bits per heavy atom. The van der Waals surface area contributed by atoms with Gasteiger partial charge in [-0.15, -0.1) is 0 Å². The minimum Gasteiger partial charge on any atom is -0.0110 e. The summed E-state index contributed by atoms with van der Waals surface area (Å²) in [5, 5.41) is 1.55. The van der Waals surface area contributed by atoms with Crippen LogP contribution in [0.3, 0.4) is 0 Å². The van der Waals surface area contributed by atoms with Crippen LogP contribution in [0.4, 0.5) is 0 Å². The van der Waals surface area contributed by atoms with E-state index in [0.717, 1.165) is 33.0 Å². The lowest BCUT2D eigenvalue weighted by Crippen LogP contribution is -2.12. The molecule has 16 heavy (non-hydrogen) atoms. The highest BCUT2D eigenvalue weighted by molar-refractivity contribution is 6.36. The van der Waals surface area contributed by atoms with E-state index in [1.54, 1.807) is 0 Å². The Bertz CT molecular complexity index is 438. The summed E-state index contributed by atoms with van der Waals surface area (Å²) in [4.78, 5) is 0. The minimum absolute atomic E-state index is 0.774. The lowest BCUT2D eigenvalue weighted by atomic mass is 9.85. The first-order valence-electron chi connectivity index (χ1n) is 5.03. The maximum Gasteiger partial charge on any atom is 0.202 e. The second-order valence-corrected chi connectivity index (χ2v) is 4.48. The third-order valence-electron chi connectivity index (χ3n) is 2.80. The lowest BCUT2D eigenvalue weighted by molar-refractivity contribution is 1.20. The molecule has 1 aliphatic carbocycles. The van der Waals surface area contributed by atoms with Crippen LogP contribution < -0.4 is 0 Å². The molecule has 0 unspecified atom stereocenters. The smallest absolute Gasteiger partial charge is 0.0110 e. The third-order valence-corrected chi connectivity index (χ3v) is 3.61. The topological polar surface area (TPSA) is 0 Å². The van der Waals surface area contributed by atoms with Crippen molar-refractivity contribution in [3.63, 3.8) is 0 Å². The van der Waals surface area contributed by atoms with Crippen molar-refractivity contribution in [2.75, 3.05) is 0 Å². The molecule has 0 radical (unpaired) electrons. The SMILES string of the molecule is Cl[C+]1c2ccccc2[C+](Cl)c2ccccc21. The van der Waals surface area contributed by atoms with E-state index in [1.165, 1.54) is 0 Å². The molecule has 0 atom stereocenters. The van der Waals surface area contributed by atoms with Gasteiger partial charge in [-0.1, -0.05) is 0 Å². The first-order chi connectivity index (χ1) is 7.79. The predicted molar refractivity (Wildman–Crippen MR) is 67.5 cm³/mol. The van der Waals surface area contributed by atoms with Crippen LogP contribution in [-0.2, 0) is 0 Å². The summed E-state index contributed by atoms with van der Waals surface area (Å²) < 4.78 is 0. The fourth-order valence-corrected chi connectivity index (χ4v) is 2.68. The largest absolute Gasteiger partial charge is 0.202 e. The molecule has 0 aromatic heterocycles. The van der Waals surface area contributed by atoms with Crippen LogP contribution in [0.25, 0.3) is 0 Å². The van der Waals surface area contributed by atoms with Crippen LogP contribution in [0.2, 0.25) is 0 Å². The zero-order valence-electron chi connectivity index (χ0n) is 8.37. The fraction of sp³-hybridized carbons (Fsp3) is 0. The van der Waals surface area contributed by atoms with E-state index in [9.17, 15) is 0 Å². The summed E-state index contributed by atoms with van der Waals surface area (Å²) in [6.07, 6.45) is 0. The molecule has 0 saturated heterocycles. The maximum absolute atomic E-state index is 6.39. The molecule has 3 rings (SSSR count). The Morgan fingerprint density at radius 2 is 0.812 bits per heavy atom. The number of fused-ring (bicyclic) bond motifs is 2. The van der Waals surface area contributed by atoms with Crippen LogP contribution in [0.1, 0.15) is 22.3 Å². The summed E-state index contributed by atoms with van der Waals surface area (Å²) in [6.45, 7) is 0. The van der Waals surface area contributed by atoms with Crippen molar-refractivity contribution in [3.8, 4) is 0 Å². The molecule has 0 saturated carbocycles. The van der Waals surface area contributed by atoms with Gasteiger partial charge in [0.1, 0.15) is 0 Å². The molecule has 0 aliphatic heterocycles. The molecule has 0 spiro atoms. The Labute approximate surface area is 105 Å². The van der Waals surface area contributed by atoms with E-state index in [4.69, 9.17) is 23.2 Å². The Hall–Kier alpha value is -1.24. The lowest BCUT2D eigenvalue weighted by Gasteiger charge is -2.12. The van der Waals surface area contributed by atoms with E-state index in [2.05, 4.69) is 0 Å². The second kappa shape index (κ2) is 3.65. The molecule has 2 aromatic rings. The first-order valence-corrected chi connectivity index (χ1v) is 5.79. The molecular weight excluding hydrogens is 239 g/mol. The molecule has 0 amide bonds. The molecule has 0 fully saturated rings. The van der Waals surface area contributed by atoms with Gasteiger partial charge in [0, 0.05) is 24.3 Å². The van der Waals surface area contributed by atoms with Gasteiger partial charge in [-0.2, -0.15) is 0 Å². The molecule has 1 aliphatic rings. The van der Waals surface area contributed by atoms with E-state index in [0.29, 0.717) is 0 Å². The van der Waals surface area contributed by atoms with Gasteiger partial charge in [-0.05, 0) is 47.5 Å². The van der Waals surface area contributed by atoms with Crippen LogP contribution in [0, 0.1) is 10.8 Å². The fourth-order valence-electron chi connectivity index (χ4n) is 2.02. The monoisotopic (exact) mass is 246 g/mol. The van der Waals surface area contributed by atoms with Gasteiger partial charge in [-0.3, -0.25) is 0 Å². The van der Waals surface area contributed by atoms with Crippen molar-refractivity contribution in [1.29, 1.82) is 0 Å². The molecule has 0 bridgehead atoms. The van der Waals surface area contributed by atoms with Gasteiger partial charge >= 0.3 is 0 Å². The standard InChI is InChI=1S/C14H8Cl2/c15-13-9-5-1-2-6-10(9)14(16)12-8-4-3-7-11(12)13/h1-8H/q+2. The van der Waals surface area contributed by atoms with Gasteiger partial charge in [0.25, 0.3) is 0 Å². The van der Waals surface area contributed by atoms with Crippen molar-refractivity contribution in [2.24, 2.45) is 0 Å². The van der Waals surface area contributed by atoms with Crippen molar-refractivity contribution in [1.82, 2.24) is 0 Å². The van der Waals surface area contributed by atoms with Crippen LogP contribution >= 0.6 is 23.2 Å². The van der Waals surface area contributed by atoms with E-state index in [-0.39, 0.29) is 0 Å². The molecule has 2 heteroatoms. The van der Waals surface area contributed by atoms with Crippen LogP contribution in [0.15, 0.2) is 48.5 Å². The number of hydrogen-bond acceptors (Lipinski definition) is 0. The summed E-state index contributed by atoms with van der Waals surface area (Å²) in [7, 11) is 0. The molecule has 0 N–H and O–H groups in total. The van der Waals surface area contributed by atoms with Crippen LogP contribution in [0.5, 0.6) is 0 Å². The second-order valence-electron chi connectivity index (χ2n) is 3.72. The van der Waals surface area contributed by atoms with Crippen molar-refractivity contribution < 1.29 is 0 Å². The number of benzene rings is 2. The molecule has 0 nitrogen and oxygen atoms in total. The molecule has 76 valence electrons. The normalized spacial score (nSPS) is 13.4. The molecule has 0 heterocycles.